The van der Waals surface area contributed by atoms with Crippen LogP contribution >= 0.6 is 0 Å². The molecule has 0 aromatic heterocycles. The minimum Gasteiger partial charge on any atom is -0.464 e. The number of likely N-dealkylation sites (N-methyl/N-ethyl adjacent to an activating group) is 1. The molecule has 0 aliphatic carbocycles. The molecule has 15 heavy (non-hydrogen) atoms. The molecule has 1 amide bonds. The van der Waals surface area contributed by atoms with Gasteiger partial charge in [0.15, 0.2) is 0 Å². The molecule has 0 fully saturated rings. The fourth-order valence-corrected chi connectivity index (χ4v) is 1.10. The number of hydrogen-bond acceptors (Lipinski definition) is 4. The van der Waals surface area contributed by atoms with Gasteiger partial charge in [-0.15, -0.1) is 0 Å². The summed E-state index contributed by atoms with van der Waals surface area (Å²) >= 11 is 0. The summed E-state index contributed by atoms with van der Waals surface area (Å²) in [6, 6.07) is 0. The fraction of sp³-hybridized carbons (Fsp3) is 0.800. The maximum absolute atomic E-state index is 10.8. The van der Waals surface area contributed by atoms with Gasteiger partial charge in [-0.3, -0.25) is 14.5 Å². The van der Waals surface area contributed by atoms with Gasteiger partial charge in [-0.2, -0.15) is 0 Å². The van der Waals surface area contributed by atoms with Crippen LogP contribution in [-0.4, -0.2) is 50.1 Å². The van der Waals surface area contributed by atoms with Crippen LogP contribution in [0.5, 0.6) is 0 Å². The molecule has 0 unspecified atom stereocenters. The summed E-state index contributed by atoms with van der Waals surface area (Å²) in [6.07, 6.45) is 1.10. The van der Waals surface area contributed by atoms with Crippen molar-refractivity contribution in [2.24, 2.45) is 0 Å². The molecule has 88 valence electrons. The minimum atomic E-state index is -0.169. The van der Waals surface area contributed by atoms with Crippen molar-refractivity contribution in [1.29, 1.82) is 0 Å². The zero-order valence-corrected chi connectivity index (χ0v) is 9.49. The molecule has 0 atom stereocenters. The van der Waals surface area contributed by atoms with E-state index >= 15 is 0 Å². The van der Waals surface area contributed by atoms with Gasteiger partial charge in [0.05, 0.1) is 0 Å². The van der Waals surface area contributed by atoms with Crippen molar-refractivity contribution in [3.63, 3.8) is 0 Å². The van der Waals surface area contributed by atoms with Crippen LogP contribution in [0.2, 0.25) is 0 Å². The first-order chi connectivity index (χ1) is 7.24. The number of ether oxygens (including phenoxy) is 1. The van der Waals surface area contributed by atoms with E-state index in [1.54, 1.807) is 6.92 Å². The maximum atomic E-state index is 10.8. The highest BCUT2D eigenvalue weighted by molar-refractivity contribution is 5.68. The van der Waals surface area contributed by atoms with Crippen LogP contribution in [0.1, 0.15) is 20.3 Å². The summed E-state index contributed by atoms with van der Waals surface area (Å²) in [4.78, 5) is 23.0. The highest BCUT2D eigenvalue weighted by atomic mass is 16.5. The van der Waals surface area contributed by atoms with Crippen LogP contribution in [0.3, 0.4) is 0 Å². The molecule has 0 aliphatic rings. The second-order valence-electron chi connectivity index (χ2n) is 3.08. The largest absolute Gasteiger partial charge is 0.464 e. The summed E-state index contributed by atoms with van der Waals surface area (Å²) in [5.74, 6) is -0.169. The van der Waals surface area contributed by atoms with Gasteiger partial charge >= 0.3 is 5.97 Å². The van der Waals surface area contributed by atoms with Gasteiger partial charge in [0, 0.05) is 26.1 Å². The van der Waals surface area contributed by atoms with Crippen molar-refractivity contribution in [3.05, 3.63) is 0 Å². The number of nitrogens with zero attached hydrogens (tertiary/aromatic N) is 1. The van der Waals surface area contributed by atoms with Gasteiger partial charge in [-0.25, -0.2) is 0 Å². The lowest BCUT2D eigenvalue weighted by molar-refractivity contribution is -0.143. The normalized spacial score (nSPS) is 10.1. The Bertz CT molecular complexity index is 186. The van der Waals surface area contributed by atoms with Crippen molar-refractivity contribution < 1.29 is 14.3 Å². The maximum Gasteiger partial charge on any atom is 0.305 e. The summed E-state index contributed by atoms with van der Waals surface area (Å²) in [5, 5.41) is 2.59. The van der Waals surface area contributed by atoms with Crippen LogP contribution in [0, 0.1) is 0 Å². The summed E-state index contributed by atoms with van der Waals surface area (Å²) in [7, 11) is 0. The van der Waals surface area contributed by atoms with Gasteiger partial charge in [-0.1, -0.05) is 13.8 Å². The molecule has 0 heterocycles. The van der Waals surface area contributed by atoms with Gasteiger partial charge in [-0.05, 0) is 6.54 Å². The third-order valence-electron chi connectivity index (χ3n) is 2.06. The van der Waals surface area contributed by atoms with Crippen LogP contribution in [0.15, 0.2) is 0 Å². The van der Waals surface area contributed by atoms with Crippen molar-refractivity contribution in [2.75, 3.05) is 32.8 Å². The van der Waals surface area contributed by atoms with E-state index in [-0.39, 0.29) is 5.97 Å². The number of carbonyl (C=O) groups is 2. The van der Waals surface area contributed by atoms with Gasteiger partial charge in [0.1, 0.15) is 6.61 Å². The van der Waals surface area contributed by atoms with Crippen LogP contribution in [0.25, 0.3) is 0 Å². The molecule has 0 aromatic rings. The zero-order chi connectivity index (χ0) is 11.5. The standard InChI is InChI=1S/C10H20N2O3/c1-3-10(14)15-8-7-12(4-2)6-5-11-9-13/h9H,3-8H2,1-2H3,(H,11,13). The Hall–Kier alpha value is -1.10. The van der Waals surface area contributed by atoms with E-state index in [2.05, 4.69) is 10.2 Å². The molecule has 0 rings (SSSR count). The van der Waals surface area contributed by atoms with Crippen LogP contribution in [-0.2, 0) is 14.3 Å². The van der Waals surface area contributed by atoms with E-state index in [4.69, 9.17) is 4.74 Å². The van der Waals surface area contributed by atoms with E-state index in [1.807, 2.05) is 6.92 Å². The lowest BCUT2D eigenvalue weighted by atomic mass is 10.4. The molecule has 0 aromatic carbocycles. The van der Waals surface area contributed by atoms with E-state index in [0.717, 1.165) is 13.1 Å². The highest BCUT2D eigenvalue weighted by Gasteiger charge is 2.03. The Morgan fingerprint density at radius 2 is 2.13 bits per heavy atom. The lowest BCUT2D eigenvalue weighted by Gasteiger charge is -2.19. The highest BCUT2D eigenvalue weighted by Crippen LogP contribution is 1.89. The Morgan fingerprint density at radius 3 is 2.67 bits per heavy atom. The molecule has 0 saturated heterocycles. The Kier molecular flexibility index (Phi) is 8.76. The predicted octanol–water partition coefficient (Wildman–Crippen LogP) is 0.00750. The molecule has 0 bridgehead atoms. The first-order valence-corrected chi connectivity index (χ1v) is 5.29. The molecular weight excluding hydrogens is 196 g/mol. The number of esters is 1. The summed E-state index contributed by atoms with van der Waals surface area (Å²) in [5.41, 5.74) is 0. The second-order valence-corrected chi connectivity index (χ2v) is 3.08. The first-order valence-electron chi connectivity index (χ1n) is 5.29. The molecule has 0 radical (unpaired) electrons. The number of rotatable bonds is 9. The van der Waals surface area contributed by atoms with Crippen LogP contribution in [0.4, 0.5) is 0 Å². The minimum absolute atomic E-state index is 0.169. The molecule has 1 N–H and O–H groups in total. The van der Waals surface area contributed by atoms with E-state index < -0.39 is 0 Å². The van der Waals surface area contributed by atoms with Gasteiger partial charge < -0.3 is 10.1 Å². The molecule has 5 nitrogen and oxygen atoms in total. The summed E-state index contributed by atoms with van der Waals surface area (Å²) in [6.45, 7) is 7.21. The molecule has 0 saturated carbocycles. The van der Waals surface area contributed by atoms with Gasteiger partial charge in [0.25, 0.3) is 0 Å². The van der Waals surface area contributed by atoms with Gasteiger partial charge in [0.2, 0.25) is 6.41 Å². The average molecular weight is 216 g/mol. The Labute approximate surface area is 90.8 Å². The van der Waals surface area contributed by atoms with Crippen molar-refractivity contribution >= 4 is 12.4 Å². The van der Waals surface area contributed by atoms with Crippen molar-refractivity contribution in [1.82, 2.24) is 10.2 Å². The molecule has 0 spiro atoms. The lowest BCUT2D eigenvalue weighted by Crippen LogP contribution is -2.34. The van der Waals surface area contributed by atoms with E-state index in [0.29, 0.717) is 32.5 Å². The molecule has 0 aliphatic heterocycles. The van der Waals surface area contributed by atoms with Crippen LogP contribution < -0.4 is 5.32 Å². The molecular formula is C10H20N2O3. The monoisotopic (exact) mass is 216 g/mol. The third kappa shape index (κ3) is 7.93. The number of nitrogens with one attached hydrogen (secondary N) is 1. The topological polar surface area (TPSA) is 58.6 Å². The number of hydrogen-bond donors (Lipinski definition) is 1. The predicted molar refractivity (Wildman–Crippen MR) is 57.4 cm³/mol. The van der Waals surface area contributed by atoms with E-state index in [9.17, 15) is 9.59 Å². The Morgan fingerprint density at radius 1 is 1.40 bits per heavy atom. The fourth-order valence-electron chi connectivity index (χ4n) is 1.10. The summed E-state index contributed by atoms with van der Waals surface area (Å²) < 4.78 is 4.96. The number of amides is 1. The first kappa shape index (κ1) is 13.9. The van der Waals surface area contributed by atoms with Crippen molar-refractivity contribution in [3.8, 4) is 0 Å². The smallest absolute Gasteiger partial charge is 0.305 e. The average Bonchev–Trinajstić information content (AvgIpc) is 2.26. The SMILES string of the molecule is CCC(=O)OCCN(CC)CCNC=O. The quantitative estimate of drug-likeness (QED) is 0.335. The Balaban J connectivity index is 3.51. The number of carbonyl (C=O) groups excluding carboxylic acids is 2. The zero-order valence-electron chi connectivity index (χ0n) is 9.49. The molecule has 5 heteroatoms. The van der Waals surface area contributed by atoms with E-state index in [1.165, 1.54) is 0 Å². The third-order valence-corrected chi connectivity index (χ3v) is 2.06. The van der Waals surface area contributed by atoms with Crippen molar-refractivity contribution in [2.45, 2.75) is 20.3 Å². The second kappa shape index (κ2) is 9.45.